The SMILES string of the molecule is O=C(NCc1cccc2[nH]c(=O)sc12)c1ccnn1CC1CCC1. The Morgan fingerprint density at radius 3 is 3.04 bits per heavy atom. The van der Waals surface area contributed by atoms with Gasteiger partial charge in [0.25, 0.3) is 5.91 Å². The Labute approximate surface area is 142 Å². The Morgan fingerprint density at radius 2 is 2.25 bits per heavy atom. The van der Waals surface area contributed by atoms with E-state index in [-0.39, 0.29) is 10.8 Å². The van der Waals surface area contributed by atoms with E-state index in [0.29, 0.717) is 18.2 Å². The van der Waals surface area contributed by atoms with Crippen molar-refractivity contribution in [3.8, 4) is 0 Å². The van der Waals surface area contributed by atoms with Gasteiger partial charge in [-0.2, -0.15) is 5.10 Å². The Balaban J connectivity index is 1.48. The molecule has 2 N–H and O–H groups in total. The fraction of sp³-hybridized carbons (Fsp3) is 0.353. The lowest BCUT2D eigenvalue weighted by atomic mass is 9.85. The number of benzene rings is 1. The van der Waals surface area contributed by atoms with Crippen molar-refractivity contribution in [2.75, 3.05) is 0 Å². The summed E-state index contributed by atoms with van der Waals surface area (Å²) in [4.78, 5) is 26.7. The van der Waals surface area contributed by atoms with Gasteiger partial charge in [0.15, 0.2) is 0 Å². The molecule has 0 bridgehead atoms. The van der Waals surface area contributed by atoms with Crippen LogP contribution in [-0.4, -0.2) is 20.7 Å². The lowest BCUT2D eigenvalue weighted by Gasteiger charge is -2.25. The third-order valence-electron chi connectivity index (χ3n) is 4.57. The van der Waals surface area contributed by atoms with E-state index < -0.39 is 0 Å². The van der Waals surface area contributed by atoms with E-state index in [9.17, 15) is 9.59 Å². The van der Waals surface area contributed by atoms with Crippen LogP contribution in [-0.2, 0) is 13.1 Å². The van der Waals surface area contributed by atoms with Gasteiger partial charge in [-0.1, -0.05) is 29.9 Å². The van der Waals surface area contributed by atoms with Crippen LogP contribution in [0.2, 0.25) is 0 Å². The van der Waals surface area contributed by atoms with E-state index in [4.69, 9.17) is 0 Å². The molecule has 0 radical (unpaired) electrons. The predicted octanol–water partition coefficient (Wildman–Crippen LogP) is 2.52. The number of fused-ring (bicyclic) bond motifs is 1. The van der Waals surface area contributed by atoms with Gasteiger partial charge in [-0.15, -0.1) is 0 Å². The molecule has 0 spiro atoms. The van der Waals surface area contributed by atoms with Crippen LogP contribution in [0.1, 0.15) is 35.3 Å². The zero-order valence-corrected chi connectivity index (χ0v) is 13.9. The van der Waals surface area contributed by atoms with Gasteiger partial charge in [-0.3, -0.25) is 14.3 Å². The van der Waals surface area contributed by atoms with Gasteiger partial charge in [-0.25, -0.2) is 0 Å². The number of amides is 1. The molecule has 4 rings (SSSR count). The van der Waals surface area contributed by atoms with Crippen LogP contribution >= 0.6 is 11.3 Å². The molecule has 0 saturated heterocycles. The van der Waals surface area contributed by atoms with Crippen LogP contribution in [0, 0.1) is 5.92 Å². The zero-order valence-electron chi connectivity index (χ0n) is 13.1. The molecule has 124 valence electrons. The zero-order chi connectivity index (χ0) is 16.5. The summed E-state index contributed by atoms with van der Waals surface area (Å²) in [6, 6.07) is 7.43. The first-order valence-corrected chi connectivity index (χ1v) is 8.93. The third kappa shape index (κ3) is 2.87. The minimum Gasteiger partial charge on any atom is -0.347 e. The highest BCUT2D eigenvalue weighted by Gasteiger charge is 2.21. The molecule has 0 atom stereocenters. The number of aromatic amines is 1. The molecular formula is C17H18N4O2S. The largest absolute Gasteiger partial charge is 0.347 e. The number of aromatic nitrogens is 3. The molecule has 1 aliphatic rings. The highest BCUT2D eigenvalue weighted by atomic mass is 32.1. The topological polar surface area (TPSA) is 79.8 Å². The van der Waals surface area contributed by atoms with Crippen LogP contribution in [0.4, 0.5) is 0 Å². The average Bonchev–Trinajstić information content (AvgIpc) is 3.13. The van der Waals surface area contributed by atoms with Crippen molar-refractivity contribution >= 4 is 27.5 Å². The van der Waals surface area contributed by atoms with Crippen molar-refractivity contribution in [2.45, 2.75) is 32.4 Å². The highest BCUT2D eigenvalue weighted by Crippen LogP contribution is 2.28. The summed E-state index contributed by atoms with van der Waals surface area (Å²) < 4.78 is 2.69. The van der Waals surface area contributed by atoms with E-state index in [1.165, 1.54) is 30.6 Å². The minimum atomic E-state index is -0.133. The predicted molar refractivity (Wildman–Crippen MR) is 93.2 cm³/mol. The molecule has 0 aliphatic heterocycles. The average molecular weight is 342 g/mol. The number of hydrogen-bond donors (Lipinski definition) is 2. The first kappa shape index (κ1) is 15.1. The number of nitrogens with zero attached hydrogens (tertiary/aromatic N) is 2. The molecular weight excluding hydrogens is 324 g/mol. The van der Waals surface area contributed by atoms with E-state index in [0.717, 1.165) is 22.3 Å². The fourth-order valence-electron chi connectivity index (χ4n) is 3.03. The maximum absolute atomic E-state index is 12.5. The lowest BCUT2D eigenvalue weighted by Crippen LogP contribution is -2.28. The maximum atomic E-state index is 12.5. The van der Waals surface area contributed by atoms with Crippen molar-refractivity contribution < 1.29 is 4.79 Å². The van der Waals surface area contributed by atoms with Crippen LogP contribution in [0.5, 0.6) is 0 Å². The van der Waals surface area contributed by atoms with Gasteiger partial charge in [0.1, 0.15) is 5.69 Å². The molecule has 0 unspecified atom stereocenters. The van der Waals surface area contributed by atoms with Gasteiger partial charge >= 0.3 is 4.87 Å². The first-order chi connectivity index (χ1) is 11.7. The van der Waals surface area contributed by atoms with Gasteiger partial charge in [-0.05, 0) is 36.5 Å². The quantitative estimate of drug-likeness (QED) is 0.748. The van der Waals surface area contributed by atoms with Crippen LogP contribution in [0.15, 0.2) is 35.3 Å². The number of thiazole rings is 1. The second-order valence-corrected chi connectivity index (χ2v) is 7.17. The molecule has 1 fully saturated rings. The molecule has 1 aromatic carbocycles. The van der Waals surface area contributed by atoms with Gasteiger partial charge in [0, 0.05) is 19.3 Å². The number of rotatable bonds is 5. The Bertz CT molecular complexity index is 935. The summed E-state index contributed by atoms with van der Waals surface area (Å²) >= 11 is 1.17. The summed E-state index contributed by atoms with van der Waals surface area (Å²) in [7, 11) is 0. The Hall–Kier alpha value is -2.41. The van der Waals surface area contributed by atoms with E-state index in [2.05, 4.69) is 15.4 Å². The van der Waals surface area contributed by atoms with Crippen LogP contribution in [0.3, 0.4) is 0 Å². The fourth-order valence-corrected chi connectivity index (χ4v) is 3.87. The second kappa shape index (κ2) is 6.24. The lowest BCUT2D eigenvalue weighted by molar-refractivity contribution is 0.0937. The van der Waals surface area contributed by atoms with Crippen molar-refractivity contribution in [1.29, 1.82) is 0 Å². The van der Waals surface area contributed by atoms with Crippen molar-refractivity contribution in [3.05, 3.63) is 51.4 Å². The molecule has 1 saturated carbocycles. The van der Waals surface area contributed by atoms with Crippen LogP contribution < -0.4 is 10.2 Å². The standard InChI is InChI=1S/C17H18N4O2S/c22-16(14-7-8-19-21(14)10-11-3-1-4-11)18-9-12-5-2-6-13-15(12)24-17(23)20-13/h2,5-8,11H,1,3-4,9-10H2,(H,18,22)(H,20,23). The summed E-state index contributed by atoms with van der Waals surface area (Å²) in [5.74, 6) is 0.508. The van der Waals surface area contributed by atoms with E-state index in [1.807, 2.05) is 18.2 Å². The molecule has 24 heavy (non-hydrogen) atoms. The highest BCUT2D eigenvalue weighted by molar-refractivity contribution is 7.16. The van der Waals surface area contributed by atoms with Crippen LogP contribution in [0.25, 0.3) is 10.2 Å². The summed E-state index contributed by atoms with van der Waals surface area (Å²) in [6.45, 7) is 1.20. The molecule has 6 nitrogen and oxygen atoms in total. The normalized spacial score (nSPS) is 14.7. The van der Waals surface area contributed by atoms with Gasteiger partial charge in [0.2, 0.25) is 0 Å². The molecule has 1 amide bonds. The van der Waals surface area contributed by atoms with Crippen molar-refractivity contribution in [2.24, 2.45) is 5.92 Å². The molecule has 1 aliphatic carbocycles. The Kier molecular flexibility index (Phi) is 3.93. The Morgan fingerprint density at radius 1 is 1.38 bits per heavy atom. The second-order valence-electron chi connectivity index (χ2n) is 6.19. The van der Waals surface area contributed by atoms with Crippen molar-refractivity contribution in [3.63, 3.8) is 0 Å². The number of carbonyl (C=O) groups is 1. The summed E-state index contributed by atoms with van der Waals surface area (Å²) in [5.41, 5.74) is 2.34. The third-order valence-corrected chi connectivity index (χ3v) is 5.55. The summed E-state index contributed by atoms with van der Waals surface area (Å²) in [6.07, 6.45) is 5.38. The molecule has 7 heteroatoms. The smallest absolute Gasteiger partial charge is 0.305 e. The number of H-pyrrole nitrogens is 1. The number of carbonyl (C=O) groups excluding carboxylic acids is 1. The van der Waals surface area contributed by atoms with E-state index in [1.54, 1.807) is 16.9 Å². The molecule has 3 aromatic rings. The molecule has 2 heterocycles. The van der Waals surface area contributed by atoms with Gasteiger partial charge in [0.05, 0.1) is 10.2 Å². The minimum absolute atomic E-state index is 0.0812. The van der Waals surface area contributed by atoms with Crippen molar-refractivity contribution in [1.82, 2.24) is 20.1 Å². The molecule has 2 aromatic heterocycles. The number of hydrogen-bond acceptors (Lipinski definition) is 4. The maximum Gasteiger partial charge on any atom is 0.305 e. The van der Waals surface area contributed by atoms with E-state index >= 15 is 0 Å². The van der Waals surface area contributed by atoms with Gasteiger partial charge < -0.3 is 10.3 Å². The summed E-state index contributed by atoms with van der Waals surface area (Å²) in [5, 5.41) is 7.22. The number of nitrogens with one attached hydrogen (secondary N) is 2. The first-order valence-electron chi connectivity index (χ1n) is 8.11. The monoisotopic (exact) mass is 342 g/mol.